The van der Waals surface area contributed by atoms with Gasteiger partial charge in [-0.15, -0.1) is 0 Å². The van der Waals surface area contributed by atoms with E-state index in [9.17, 15) is 9.59 Å². The molecule has 7 nitrogen and oxygen atoms in total. The Balaban J connectivity index is 1.43. The second kappa shape index (κ2) is 8.84. The number of aromatic nitrogens is 1. The van der Waals surface area contributed by atoms with E-state index in [1.54, 1.807) is 13.1 Å². The molecule has 2 heterocycles. The van der Waals surface area contributed by atoms with Gasteiger partial charge in [-0.2, -0.15) is 0 Å². The van der Waals surface area contributed by atoms with Crippen molar-refractivity contribution in [1.29, 1.82) is 0 Å². The third-order valence-corrected chi connectivity index (χ3v) is 5.08. The molecular formula is C21H27N5O2. The molecule has 1 saturated heterocycles. The molecule has 1 aromatic heterocycles. The van der Waals surface area contributed by atoms with Crippen LogP contribution in [0.4, 0.5) is 5.82 Å². The number of rotatable bonds is 6. The summed E-state index contributed by atoms with van der Waals surface area (Å²) < 4.78 is 0. The van der Waals surface area contributed by atoms with Crippen molar-refractivity contribution in [3.63, 3.8) is 0 Å². The van der Waals surface area contributed by atoms with Crippen molar-refractivity contribution < 1.29 is 9.59 Å². The Morgan fingerprint density at radius 3 is 2.39 bits per heavy atom. The average molecular weight is 381 g/mol. The number of piperazine rings is 1. The second-order valence-corrected chi connectivity index (χ2v) is 7.13. The number of nitrogens with one attached hydrogen (secondary N) is 1. The van der Waals surface area contributed by atoms with Gasteiger partial charge < -0.3 is 20.9 Å². The fraction of sp³-hybridized carbons (Fsp3) is 0.381. The molecule has 3 rings (SSSR count). The highest BCUT2D eigenvalue weighted by molar-refractivity contribution is 5.87. The van der Waals surface area contributed by atoms with Crippen molar-refractivity contribution in [2.45, 2.75) is 18.9 Å². The standard InChI is InChI=1S/C21H27N5O2/c1-21(22,17-7-3-2-4-8-17)20(28)24-12-10-19(27)26-15-13-25(14-16-26)18-9-5-6-11-23-18/h2-9,11H,10,12-16,22H2,1H3,(H,24,28). The van der Waals surface area contributed by atoms with E-state index in [0.29, 0.717) is 13.1 Å². The molecule has 1 fully saturated rings. The lowest BCUT2D eigenvalue weighted by Crippen LogP contribution is -2.51. The molecule has 0 aliphatic carbocycles. The van der Waals surface area contributed by atoms with Crippen LogP contribution in [0.5, 0.6) is 0 Å². The summed E-state index contributed by atoms with van der Waals surface area (Å²) >= 11 is 0. The zero-order valence-electron chi connectivity index (χ0n) is 16.2. The molecule has 148 valence electrons. The van der Waals surface area contributed by atoms with Gasteiger partial charge in [0, 0.05) is 45.3 Å². The minimum Gasteiger partial charge on any atom is -0.354 e. The van der Waals surface area contributed by atoms with Crippen molar-refractivity contribution in [3.8, 4) is 0 Å². The first kappa shape index (κ1) is 19.8. The van der Waals surface area contributed by atoms with Crippen LogP contribution in [0.2, 0.25) is 0 Å². The maximum Gasteiger partial charge on any atom is 0.244 e. The zero-order valence-corrected chi connectivity index (χ0v) is 16.2. The van der Waals surface area contributed by atoms with Gasteiger partial charge in [0.25, 0.3) is 0 Å². The Morgan fingerprint density at radius 2 is 1.75 bits per heavy atom. The number of nitrogens with two attached hydrogens (primary N) is 1. The number of pyridine rings is 1. The van der Waals surface area contributed by atoms with Gasteiger partial charge in [0.1, 0.15) is 11.4 Å². The average Bonchev–Trinajstić information content (AvgIpc) is 2.75. The van der Waals surface area contributed by atoms with Crippen molar-refractivity contribution in [3.05, 3.63) is 60.3 Å². The molecule has 1 aliphatic heterocycles. The minimum absolute atomic E-state index is 0.0411. The highest BCUT2D eigenvalue weighted by Crippen LogP contribution is 2.17. The predicted molar refractivity (Wildman–Crippen MR) is 109 cm³/mol. The first-order valence-electron chi connectivity index (χ1n) is 9.55. The second-order valence-electron chi connectivity index (χ2n) is 7.13. The van der Waals surface area contributed by atoms with Crippen molar-refractivity contribution >= 4 is 17.6 Å². The van der Waals surface area contributed by atoms with Crippen LogP contribution >= 0.6 is 0 Å². The van der Waals surface area contributed by atoms with Crippen LogP contribution in [0.15, 0.2) is 54.7 Å². The Morgan fingerprint density at radius 1 is 1.07 bits per heavy atom. The number of nitrogens with zero attached hydrogens (tertiary/aromatic N) is 3. The van der Waals surface area contributed by atoms with Crippen LogP contribution in [-0.2, 0) is 15.1 Å². The molecule has 1 aromatic carbocycles. The number of carbonyl (C=O) groups excluding carboxylic acids is 2. The Kier molecular flexibility index (Phi) is 6.26. The molecule has 1 aliphatic rings. The summed E-state index contributed by atoms with van der Waals surface area (Å²) in [7, 11) is 0. The van der Waals surface area contributed by atoms with Crippen LogP contribution < -0.4 is 16.0 Å². The van der Waals surface area contributed by atoms with E-state index in [0.717, 1.165) is 24.5 Å². The Bertz CT molecular complexity index is 787. The van der Waals surface area contributed by atoms with Gasteiger partial charge in [-0.25, -0.2) is 4.98 Å². The molecule has 2 aromatic rings. The van der Waals surface area contributed by atoms with Gasteiger partial charge >= 0.3 is 0 Å². The molecule has 0 bridgehead atoms. The van der Waals surface area contributed by atoms with E-state index in [-0.39, 0.29) is 24.8 Å². The zero-order chi connectivity index (χ0) is 20.0. The summed E-state index contributed by atoms with van der Waals surface area (Å²) in [5.41, 5.74) is 5.81. The fourth-order valence-electron chi connectivity index (χ4n) is 3.27. The quantitative estimate of drug-likeness (QED) is 0.782. The highest BCUT2D eigenvalue weighted by atomic mass is 16.2. The lowest BCUT2D eigenvalue weighted by molar-refractivity contribution is -0.131. The first-order valence-corrected chi connectivity index (χ1v) is 9.55. The van der Waals surface area contributed by atoms with Crippen LogP contribution in [0.3, 0.4) is 0 Å². The van der Waals surface area contributed by atoms with Crippen LogP contribution in [0, 0.1) is 0 Å². The minimum atomic E-state index is -1.13. The maximum atomic E-state index is 12.5. The lowest BCUT2D eigenvalue weighted by atomic mass is 9.92. The largest absolute Gasteiger partial charge is 0.354 e. The van der Waals surface area contributed by atoms with E-state index >= 15 is 0 Å². The van der Waals surface area contributed by atoms with Gasteiger partial charge in [-0.3, -0.25) is 9.59 Å². The number of amides is 2. The van der Waals surface area contributed by atoms with E-state index in [1.807, 2.05) is 53.4 Å². The molecular weight excluding hydrogens is 354 g/mol. The SMILES string of the molecule is CC(N)(C(=O)NCCC(=O)N1CCN(c2ccccn2)CC1)c1ccccc1. The lowest BCUT2D eigenvalue weighted by Gasteiger charge is -2.35. The number of hydrogen-bond donors (Lipinski definition) is 2. The summed E-state index contributed by atoms with van der Waals surface area (Å²) in [6, 6.07) is 15.1. The number of anilines is 1. The van der Waals surface area contributed by atoms with Crippen LogP contribution in [0.25, 0.3) is 0 Å². The summed E-state index contributed by atoms with van der Waals surface area (Å²) in [5, 5.41) is 2.79. The summed E-state index contributed by atoms with van der Waals surface area (Å²) in [6.07, 6.45) is 2.04. The van der Waals surface area contributed by atoms with Gasteiger partial charge in [-0.1, -0.05) is 36.4 Å². The first-order chi connectivity index (χ1) is 13.5. The number of hydrogen-bond acceptors (Lipinski definition) is 5. The molecule has 28 heavy (non-hydrogen) atoms. The van der Waals surface area contributed by atoms with E-state index in [4.69, 9.17) is 5.73 Å². The third-order valence-electron chi connectivity index (χ3n) is 5.08. The van der Waals surface area contributed by atoms with Crippen molar-refractivity contribution in [1.82, 2.24) is 15.2 Å². The Hall–Kier alpha value is -2.93. The summed E-state index contributed by atoms with van der Waals surface area (Å²) in [4.78, 5) is 33.3. The topological polar surface area (TPSA) is 91.6 Å². The van der Waals surface area contributed by atoms with Gasteiger partial charge in [0.05, 0.1) is 0 Å². The number of carbonyl (C=O) groups is 2. The molecule has 0 saturated carbocycles. The third kappa shape index (κ3) is 4.67. The molecule has 3 N–H and O–H groups in total. The Labute approximate surface area is 165 Å². The van der Waals surface area contributed by atoms with Crippen LogP contribution in [0.1, 0.15) is 18.9 Å². The fourth-order valence-corrected chi connectivity index (χ4v) is 3.27. The van der Waals surface area contributed by atoms with Crippen molar-refractivity contribution in [2.75, 3.05) is 37.6 Å². The van der Waals surface area contributed by atoms with Gasteiger partial charge in [-0.05, 0) is 24.6 Å². The molecule has 0 radical (unpaired) electrons. The monoisotopic (exact) mass is 381 g/mol. The van der Waals surface area contributed by atoms with E-state index < -0.39 is 5.54 Å². The summed E-state index contributed by atoms with van der Waals surface area (Å²) in [6.45, 7) is 4.77. The van der Waals surface area contributed by atoms with Crippen molar-refractivity contribution in [2.24, 2.45) is 5.73 Å². The van der Waals surface area contributed by atoms with Gasteiger partial charge in [0.15, 0.2) is 0 Å². The smallest absolute Gasteiger partial charge is 0.244 e. The number of benzene rings is 1. The van der Waals surface area contributed by atoms with Crippen LogP contribution in [-0.4, -0.2) is 54.4 Å². The predicted octanol–water partition coefficient (Wildman–Crippen LogP) is 1.11. The molecule has 0 spiro atoms. The van der Waals surface area contributed by atoms with Gasteiger partial charge in [0.2, 0.25) is 11.8 Å². The summed E-state index contributed by atoms with van der Waals surface area (Å²) in [5.74, 6) is 0.691. The highest BCUT2D eigenvalue weighted by Gasteiger charge is 2.30. The van der Waals surface area contributed by atoms with E-state index in [2.05, 4.69) is 15.2 Å². The molecule has 1 unspecified atom stereocenters. The molecule has 1 atom stereocenters. The normalized spacial score (nSPS) is 16.4. The maximum absolute atomic E-state index is 12.5. The van der Waals surface area contributed by atoms with E-state index in [1.165, 1.54) is 0 Å². The molecule has 7 heteroatoms. The molecule has 2 amide bonds.